The first-order chi connectivity index (χ1) is 37.4. The molecule has 7 amide bonds. The van der Waals surface area contributed by atoms with Crippen LogP contribution in [0, 0.1) is 18.3 Å². The van der Waals surface area contributed by atoms with Gasteiger partial charge in [0.05, 0.1) is 58.6 Å². The Balaban J connectivity index is 0.883. The molecule has 7 rings (SSSR count). The van der Waals surface area contributed by atoms with E-state index < -0.39 is 77.1 Å². The Morgan fingerprint density at radius 2 is 1.57 bits per heavy atom. The summed E-state index contributed by atoms with van der Waals surface area (Å²) >= 11 is 1.57. The fourth-order valence-electron chi connectivity index (χ4n) is 10.5. The molecule has 0 bridgehead atoms. The van der Waals surface area contributed by atoms with Gasteiger partial charge in [-0.1, -0.05) is 87.5 Å². The molecule has 4 aromatic rings. The Bertz CT molecular complexity index is 2870. The van der Waals surface area contributed by atoms with Gasteiger partial charge in [-0.15, -0.1) is 11.3 Å². The van der Waals surface area contributed by atoms with E-state index >= 15 is 0 Å². The van der Waals surface area contributed by atoms with Gasteiger partial charge in [-0.05, 0) is 119 Å². The molecule has 79 heavy (non-hydrogen) atoms. The molecule has 3 aliphatic heterocycles. The number of aliphatic hydroxyl groups excluding tert-OH is 1. The van der Waals surface area contributed by atoms with Gasteiger partial charge in [0.1, 0.15) is 23.7 Å². The predicted molar refractivity (Wildman–Crippen MR) is 303 cm³/mol. The molecule has 6 N–H and O–H groups in total. The topological polar surface area (TPSA) is 252 Å². The highest BCUT2D eigenvalue weighted by molar-refractivity contribution is 7.13. The highest BCUT2D eigenvalue weighted by Gasteiger charge is 2.46. The van der Waals surface area contributed by atoms with Gasteiger partial charge in [0.15, 0.2) is 0 Å². The van der Waals surface area contributed by atoms with Crippen molar-refractivity contribution in [2.75, 3.05) is 11.4 Å². The van der Waals surface area contributed by atoms with Gasteiger partial charge < -0.3 is 41.2 Å². The fraction of sp³-hybridized carbons (Fsp3) is 0.517. The van der Waals surface area contributed by atoms with Crippen LogP contribution in [0.4, 0.5) is 10.5 Å². The molecule has 3 aliphatic rings. The van der Waals surface area contributed by atoms with Crippen molar-refractivity contribution in [3.63, 3.8) is 0 Å². The Morgan fingerprint density at radius 1 is 0.886 bits per heavy atom. The van der Waals surface area contributed by atoms with Crippen molar-refractivity contribution in [2.24, 2.45) is 22.1 Å². The number of carbonyl (C=O) groups is 7. The third-order valence-electron chi connectivity index (χ3n) is 14.8. The molecule has 19 heteroatoms. The van der Waals surface area contributed by atoms with Crippen LogP contribution in [0.3, 0.4) is 0 Å². The summed E-state index contributed by atoms with van der Waals surface area (Å²) in [7, 11) is 0. The number of anilines is 1. The highest BCUT2D eigenvalue weighted by atomic mass is 32.1. The summed E-state index contributed by atoms with van der Waals surface area (Å²) in [5, 5.41) is 19.8. The number of aryl methyl sites for hydroxylation is 3. The van der Waals surface area contributed by atoms with Gasteiger partial charge in [0, 0.05) is 38.4 Å². The van der Waals surface area contributed by atoms with Crippen molar-refractivity contribution < 1.29 is 48.1 Å². The average Bonchev–Trinajstić information content (AvgIpc) is 4.32. The largest absolute Gasteiger partial charge is 0.442 e. The summed E-state index contributed by atoms with van der Waals surface area (Å²) in [4.78, 5) is 107. The SMILES string of the molecule is Cc1ncsc1-c1ccc([C@H](C)NC(=O)[C@@H]2C[C@H](O)CN2C(=O)[C@@H](NC(=O)CCCCc2ccc(CO[C@H](C)[C@H](CCC(N)=O)NC(=O)[C@@H]3Cc4cccc5c4N3C(=O)C(/C=N/C(=O)OC(C)(C)C)CC5)cc2)C(C)(C)C)cc1. The minimum atomic E-state index is -0.931. The van der Waals surface area contributed by atoms with E-state index in [-0.39, 0.29) is 69.0 Å². The predicted octanol–water partition coefficient (Wildman–Crippen LogP) is 7.38. The third-order valence-corrected chi connectivity index (χ3v) is 15.8. The normalized spacial score (nSPS) is 19.7. The summed E-state index contributed by atoms with van der Waals surface area (Å²) in [5.41, 5.74) is 13.3. The van der Waals surface area contributed by atoms with Crippen LogP contribution in [0.25, 0.3) is 10.4 Å². The first kappa shape index (κ1) is 59.8. The number of hydrogen-bond donors (Lipinski definition) is 5. The van der Waals surface area contributed by atoms with E-state index in [1.54, 1.807) is 32.1 Å². The summed E-state index contributed by atoms with van der Waals surface area (Å²) in [6, 6.07) is 17.9. The standard InChI is InChI=1S/C60H78N8O10S/c1-35(40-21-24-42(25-22-40)52-36(2)63-34-79-52)64-54(72)47-30-45(69)32-67(47)57(75)53(59(4,5)6)66-50(71)16-11-10-13-38-17-19-39(20-18-38)33-77-37(3)46(27-28-49(61)70)65-55(73)48-29-43-15-12-14-41-23-26-44(56(74)68(48)51(41)43)31-62-58(76)78-60(7,8)9/h12,14-15,17-22,24-25,31,34-35,37,44-48,53,69H,10-11,13,16,23,26-30,32-33H2,1-9H3,(H2,61,70)(H,64,72)(H,65,73)(H,66,71)/b62-31+/t35-,37+,44?,45-,46-,47-,48-,53+/m0/s1. The number of para-hydroxylation sites is 1. The second kappa shape index (κ2) is 26.0. The van der Waals surface area contributed by atoms with Crippen LogP contribution in [-0.4, -0.2) is 111 Å². The molecule has 18 nitrogen and oxygen atoms in total. The van der Waals surface area contributed by atoms with E-state index in [1.165, 1.54) is 16.0 Å². The minimum absolute atomic E-state index is 0.00149. The van der Waals surface area contributed by atoms with Crippen LogP contribution in [0.2, 0.25) is 0 Å². The molecule has 0 saturated carbocycles. The Hall–Kier alpha value is -6.83. The molecule has 4 heterocycles. The van der Waals surface area contributed by atoms with E-state index in [9.17, 15) is 38.7 Å². The zero-order valence-corrected chi connectivity index (χ0v) is 47.8. The summed E-state index contributed by atoms with van der Waals surface area (Å²) in [6.45, 7) is 16.6. The number of carbonyl (C=O) groups excluding carboxylic acids is 7. The average molecular weight is 1100 g/mol. The fourth-order valence-corrected chi connectivity index (χ4v) is 11.3. The number of likely N-dealkylation sites (tertiary alicyclic amines) is 1. The minimum Gasteiger partial charge on any atom is -0.442 e. The van der Waals surface area contributed by atoms with Crippen molar-refractivity contribution in [2.45, 2.75) is 181 Å². The highest BCUT2D eigenvalue weighted by Crippen LogP contribution is 2.40. The van der Waals surface area contributed by atoms with Crippen LogP contribution in [0.5, 0.6) is 0 Å². The zero-order valence-electron chi connectivity index (χ0n) is 47.0. The molecule has 1 aromatic heterocycles. The van der Waals surface area contributed by atoms with E-state index in [4.69, 9.17) is 15.2 Å². The first-order valence-electron chi connectivity index (χ1n) is 27.4. The number of thiazole rings is 1. The number of nitrogens with one attached hydrogen (secondary N) is 3. The van der Waals surface area contributed by atoms with Crippen LogP contribution in [0.15, 0.2) is 77.2 Å². The first-order valence-corrected chi connectivity index (χ1v) is 28.3. The summed E-state index contributed by atoms with van der Waals surface area (Å²) in [5.74, 6) is -3.10. The quantitative estimate of drug-likeness (QED) is 0.0407. The zero-order chi connectivity index (χ0) is 57.3. The lowest BCUT2D eigenvalue weighted by atomic mass is 9.85. The smallest absolute Gasteiger partial charge is 0.433 e. The second-order valence-corrected chi connectivity index (χ2v) is 24.2. The number of aliphatic imine (C=N–C) groups is 1. The number of rotatable bonds is 21. The lowest BCUT2D eigenvalue weighted by Gasteiger charge is -2.35. The number of ether oxygens (including phenoxy) is 2. The lowest BCUT2D eigenvalue weighted by Crippen LogP contribution is -2.57. The maximum absolute atomic E-state index is 14.3. The Labute approximate surface area is 467 Å². The van der Waals surface area contributed by atoms with Gasteiger partial charge in [0.25, 0.3) is 0 Å². The molecule has 0 radical (unpaired) electrons. The number of unbranched alkanes of at least 4 members (excludes halogenated alkanes) is 1. The molecule has 8 atom stereocenters. The number of hydrogen-bond acceptors (Lipinski definition) is 12. The van der Waals surface area contributed by atoms with Crippen LogP contribution in [0.1, 0.15) is 140 Å². The lowest BCUT2D eigenvalue weighted by molar-refractivity contribution is -0.144. The molecule has 0 aliphatic carbocycles. The Morgan fingerprint density at radius 3 is 2.23 bits per heavy atom. The maximum atomic E-state index is 14.3. The van der Waals surface area contributed by atoms with Crippen molar-refractivity contribution in [1.82, 2.24) is 25.8 Å². The van der Waals surface area contributed by atoms with Crippen LogP contribution < -0.4 is 26.6 Å². The molecule has 424 valence electrons. The molecule has 0 spiro atoms. The monoisotopic (exact) mass is 1100 g/mol. The summed E-state index contributed by atoms with van der Waals surface area (Å²) in [6.07, 6.45) is 2.78. The van der Waals surface area contributed by atoms with E-state index in [1.807, 2.05) is 114 Å². The number of primary amides is 1. The summed E-state index contributed by atoms with van der Waals surface area (Å²) < 4.78 is 11.6. The van der Waals surface area contributed by atoms with Crippen LogP contribution >= 0.6 is 11.3 Å². The number of β-amino-alcohol motifs (C(OH)–C–C–N with tert-alkyl or cyclic N) is 1. The number of amides is 7. The molecule has 1 unspecified atom stereocenters. The van der Waals surface area contributed by atoms with Crippen LogP contribution in [-0.2, 0) is 64.1 Å². The van der Waals surface area contributed by atoms with Crippen molar-refractivity contribution >= 4 is 64.8 Å². The van der Waals surface area contributed by atoms with E-state index in [2.05, 4.69) is 25.9 Å². The van der Waals surface area contributed by atoms with Crippen molar-refractivity contribution in [3.8, 4) is 10.4 Å². The second-order valence-electron chi connectivity index (χ2n) is 23.3. The molecular formula is C60H78N8O10S. The number of nitrogens with zero attached hydrogens (tertiary/aromatic N) is 4. The molecule has 1 fully saturated rings. The van der Waals surface area contributed by atoms with Gasteiger partial charge in [0.2, 0.25) is 35.4 Å². The molecule has 1 saturated heterocycles. The van der Waals surface area contributed by atoms with Gasteiger partial charge in [-0.2, -0.15) is 4.99 Å². The van der Waals surface area contributed by atoms with Gasteiger partial charge in [-0.3, -0.25) is 33.7 Å². The van der Waals surface area contributed by atoms with Crippen molar-refractivity contribution in [1.29, 1.82) is 0 Å². The number of nitrogens with two attached hydrogens (primary N) is 1. The maximum Gasteiger partial charge on any atom is 0.433 e. The van der Waals surface area contributed by atoms with Crippen molar-refractivity contribution in [3.05, 3.63) is 106 Å². The van der Waals surface area contributed by atoms with E-state index in [0.717, 1.165) is 44.0 Å². The number of aromatic nitrogens is 1. The Kier molecular flexibility index (Phi) is 19.7. The third kappa shape index (κ3) is 15.7. The van der Waals surface area contributed by atoms with Gasteiger partial charge in [-0.25, -0.2) is 9.78 Å². The number of benzene rings is 3. The number of aliphatic hydroxyl groups is 1. The van der Waals surface area contributed by atoms with Gasteiger partial charge >= 0.3 is 6.09 Å². The van der Waals surface area contributed by atoms with E-state index in [0.29, 0.717) is 37.8 Å². The molecular weight excluding hydrogens is 1020 g/mol. The molecule has 3 aromatic carbocycles.